The number of carbonyl (C=O) groups is 1. The number of aromatic carboxylic acids is 1. The van der Waals surface area contributed by atoms with E-state index in [0.29, 0.717) is 5.75 Å². The van der Waals surface area contributed by atoms with Gasteiger partial charge in [-0.05, 0) is 24.3 Å². The summed E-state index contributed by atoms with van der Waals surface area (Å²) in [6.45, 7) is 0. The maximum atomic E-state index is 10.6. The number of aromatic amines is 1. The lowest BCUT2D eigenvalue weighted by molar-refractivity contribution is -0.255. The van der Waals surface area contributed by atoms with Crippen molar-refractivity contribution in [1.29, 1.82) is 0 Å². The van der Waals surface area contributed by atoms with Crippen LogP contribution in [-0.4, -0.2) is 18.1 Å². The first-order valence-electron chi connectivity index (χ1n) is 4.09. The number of carboxylic acids is 1. The van der Waals surface area contributed by atoms with E-state index in [1.54, 1.807) is 25.3 Å². The molecule has 1 N–H and O–H groups in total. The Morgan fingerprint density at radius 3 is 2.86 bits per heavy atom. The quantitative estimate of drug-likeness (QED) is 0.751. The van der Waals surface area contributed by atoms with E-state index in [4.69, 9.17) is 4.74 Å². The van der Waals surface area contributed by atoms with Crippen molar-refractivity contribution in [3.05, 3.63) is 30.0 Å². The molecule has 0 aliphatic carbocycles. The van der Waals surface area contributed by atoms with Gasteiger partial charge in [-0.3, -0.25) is 0 Å². The summed E-state index contributed by atoms with van der Waals surface area (Å²) in [5.74, 6) is -0.512. The van der Waals surface area contributed by atoms with Gasteiger partial charge in [-0.1, -0.05) is 0 Å². The minimum absolute atomic E-state index is 0.0771. The monoisotopic (exact) mass is 190 g/mol. The maximum absolute atomic E-state index is 10.6. The Labute approximate surface area is 80.1 Å². The Morgan fingerprint density at radius 1 is 1.43 bits per heavy atom. The van der Waals surface area contributed by atoms with Crippen molar-refractivity contribution in [3.63, 3.8) is 0 Å². The molecule has 0 fully saturated rings. The lowest BCUT2D eigenvalue weighted by Gasteiger charge is -1.97. The van der Waals surface area contributed by atoms with Crippen molar-refractivity contribution >= 4 is 16.9 Å². The van der Waals surface area contributed by atoms with Crippen LogP contribution in [0.2, 0.25) is 0 Å². The molecule has 0 amide bonds. The van der Waals surface area contributed by atoms with E-state index in [9.17, 15) is 9.90 Å². The second-order valence-corrected chi connectivity index (χ2v) is 2.92. The van der Waals surface area contributed by atoms with Gasteiger partial charge >= 0.3 is 0 Å². The molecule has 0 atom stereocenters. The molecule has 0 saturated carbocycles. The number of carbonyl (C=O) groups excluding carboxylic acids is 1. The summed E-state index contributed by atoms with van der Waals surface area (Å²) < 4.78 is 5.02. The van der Waals surface area contributed by atoms with Crippen LogP contribution >= 0.6 is 0 Å². The predicted octanol–water partition coefficient (Wildman–Crippen LogP) is 0.540. The number of methoxy groups -OCH3 is 1. The highest BCUT2D eigenvalue weighted by Gasteiger charge is 2.02. The Kier molecular flexibility index (Phi) is 1.89. The number of aromatic nitrogens is 1. The molecular formula is C10H8NO3-. The van der Waals surface area contributed by atoms with E-state index < -0.39 is 5.97 Å². The molecule has 1 aromatic carbocycles. The summed E-state index contributed by atoms with van der Waals surface area (Å²) >= 11 is 0. The van der Waals surface area contributed by atoms with Crippen LogP contribution < -0.4 is 9.84 Å². The van der Waals surface area contributed by atoms with Crippen LogP contribution in [0.5, 0.6) is 5.75 Å². The summed E-state index contributed by atoms with van der Waals surface area (Å²) in [7, 11) is 1.56. The van der Waals surface area contributed by atoms with E-state index in [2.05, 4.69) is 4.98 Å². The van der Waals surface area contributed by atoms with Gasteiger partial charge < -0.3 is 19.6 Å². The third kappa shape index (κ3) is 1.31. The standard InChI is InChI=1S/C10H9NO3/c1-14-7-2-3-8-6(4-7)5-9(11-8)10(12)13/h2-5,11H,1H3,(H,12,13)/p-1. The third-order valence-corrected chi connectivity index (χ3v) is 2.05. The predicted molar refractivity (Wildman–Crippen MR) is 49.2 cm³/mol. The Hall–Kier alpha value is -1.97. The van der Waals surface area contributed by atoms with E-state index in [0.717, 1.165) is 10.9 Å². The number of nitrogens with one attached hydrogen (secondary N) is 1. The van der Waals surface area contributed by atoms with E-state index >= 15 is 0 Å². The summed E-state index contributed by atoms with van der Waals surface area (Å²) in [6, 6.07) is 6.81. The molecule has 2 rings (SSSR count). The molecule has 0 spiro atoms. The van der Waals surface area contributed by atoms with Crippen molar-refractivity contribution in [2.24, 2.45) is 0 Å². The number of carboxylic acid groups (broad SMARTS) is 1. The lowest BCUT2D eigenvalue weighted by atomic mass is 10.2. The summed E-state index contributed by atoms with van der Waals surface area (Å²) in [5.41, 5.74) is 0.832. The second kappa shape index (κ2) is 3.06. The molecule has 0 bridgehead atoms. The maximum Gasteiger partial charge on any atom is 0.119 e. The van der Waals surface area contributed by atoms with Gasteiger partial charge in [-0.2, -0.15) is 0 Å². The van der Waals surface area contributed by atoms with Crippen LogP contribution in [0.4, 0.5) is 0 Å². The highest BCUT2D eigenvalue weighted by Crippen LogP contribution is 2.20. The van der Waals surface area contributed by atoms with Crippen LogP contribution in [0.1, 0.15) is 10.5 Å². The van der Waals surface area contributed by atoms with Crippen molar-refractivity contribution in [2.75, 3.05) is 7.11 Å². The summed E-state index contributed by atoms with van der Waals surface area (Å²) in [6.07, 6.45) is 0. The van der Waals surface area contributed by atoms with Crippen LogP contribution in [0.15, 0.2) is 24.3 Å². The topological polar surface area (TPSA) is 65.2 Å². The van der Waals surface area contributed by atoms with Gasteiger partial charge in [0, 0.05) is 10.9 Å². The van der Waals surface area contributed by atoms with Gasteiger partial charge in [-0.25, -0.2) is 0 Å². The fourth-order valence-electron chi connectivity index (χ4n) is 1.35. The zero-order valence-electron chi connectivity index (χ0n) is 7.53. The number of benzene rings is 1. The number of fused-ring (bicyclic) bond motifs is 1. The van der Waals surface area contributed by atoms with Gasteiger partial charge in [0.05, 0.1) is 18.8 Å². The number of H-pyrrole nitrogens is 1. The van der Waals surface area contributed by atoms with Gasteiger partial charge in [0.1, 0.15) is 5.75 Å². The highest BCUT2D eigenvalue weighted by atomic mass is 16.5. The van der Waals surface area contributed by atoms with E-state index in [1.807, 2.05) is 0 Å². The molecule has 0 aliphatic heterocycles. The zero-order valence-corrected chi connectivity index (χ0v) is 7.53. The van der Waals surface area contributed by atoms with Crippen LogP contribution in [0.25, 0.3) is 10.9 Å². The molecule has 0 radical (unpaired) electrons. The molecule has 14 heavy (non-hydrogen) atoms. The molecular weight excluding hydrogens is 182 g/mol. The van der Waals surface area contributed by atoms with Crippen molar-refractivity contribution < 1.29 is 14.6 Å². The van der Waals surface area contributed by atoms with Crippen molar-refractivity contribution in [1.82, 2.24) is 4.98 Å². The first-order valence-corrected chi connectivity index (χ1v) is 4.09. The molecule has 0 unspecified atom stereocenters. The van der Waals surface area contributed by atoms with Gasteiger partial charge in [0.15, 0.2) is 0 Å². The molecule has 1 heterocycles. The zero-order chi connectivity index (χ0) is 10.1. The number of ether oxygens (including phenoxy) is 1. The smallest absolute Gasteiger partial charge is 0.119 e. The van der Waals surface area contributed by atoms with Crippen LogP contribution in [0.3, 0.4) is 0 Å². The van der Waals surface area contributed by atoms with Crippen LogP contribution in [-0.2, 0) is 0 Å². The highest BCUT2D eigenvalue weighted by molar-refractivity contribution is 5.93. The molecule has 0 aliphatic rings. The minimum Gasteiger partial charge on any atom is -0.543 e. The minimum atomic E-state index is -1.21. The SMILES string of the molecule is COc1ccc2[nH]c(C(=O)[O-])cc2c1. The first-order chi connectivity index (χ1) is 6.70. The van der Waals surface area contributed by atoms with Gasteiger partial charge in [-0.15, -0.1) is 0 Å². The second-order valence-electron chi connectivity index (χ2n) is 2.92. The fourth-order valence-corrected chi connectivity index (χ4v) is 1.35. The molecule has 1 aromatic heterocycles. The average Bonchev–Trinajstić information content (AvgIpc) is 2.59. The fraction of sp³-hybridized carbons (Fsp3) is 0.100. The van der Waals surface area contributed by atoms with Crippen molar-refractivity contribution in [3.8, 4) is 5.75 Å². The molecule has 2 aromatic rings. The number of rotatable bonds is 2. The molecule has 0 saturated heterocycles. The van der Waals surface area contributed by atoms with Crippen LogP contribution in [0, 0.1) is 0 Å². The molecule has 4 nitrogen and oxygen atoms in total. The lowest BCUT2D eigenvalue weighted by Crippen LogP contribution is -2.22. The number of hydrogen-bond acceptors (Lipinski definition) is 3. The Morgan fingerprint density at radius 2 is 2.21 bits per heavy atom. The third-order valence-electron chi connectivity index (χ3n) is 2.05. The summed E-state index contributed by atoms with van der Waals surface area (Å²) in [4.78, 5) is 13.3. The van der Waals surface area contributed by atoms with Gasteiger partial charge in [0.2, 0.25) is 0 Å². The Balaban J connectivity index is 2.60. The van der Waals surface area contributed by atoms with Gasteiger partial charge in [0.25, 0.3) is 0 Å². The largest absolute Gasteiger partial charge is 0.543 e. The van der Waals surface area contributed by atoms with Crippen molar-refractivity contribution in [2.45, 2.75) is 0 Å². The average molecular weight is 190 g/mol. The van der Waals surface area contributed by atoms with E-state index in [-0.39, 0.29) is 5.69 Å². The molecule has 72 valence electrons. The molecule has 4 heteroatoms. The normalized spacial score (nSPS) is 10.4. The Bertz CT molecular complexity index is 487. The van der Waals surface area contributed by atoms with E-state index in [1.165, 1.54) is 6.07 Å². The summed E-state index contributed by atoms with van der Waals surface area (Å²) in [5, 5.41) is 11.3. The first kappa shape index (κ1) is 8.62. The number of hydrogen-bond donors (Lipinski definition) is 1.